The maximum absolute atomic E-state index is 9.56. The number of aromatic nitrogens is 2. The van der Waals surface area contributed by atoms with E-state index in [9.17, 15) is 5.26 Å². The highest BCUT2D eigenvalue weighted by Crippen LogP contribution is 2.49. The summed E-state index contributed by atoms with van der Waals surface area (Å²) < 4.78 is 5.46. The molecule has 3 rings (SSSR count). The Morgan fingerprint density at radius 3 is 2.81 bits per heavy atom. The molecule has 2 heterocycles. The van der Waals surface area contributed by atoms with Gasteiger partial charge in [0.05, 0.1) is 11.0 Å². The van der Waals surface area contributed by atoms with Crippen molar-refractivity contribution in [1.29, 1.82) is 5.26 Å². The first kappa shape index (κ1) is 13.5. The molecule has 3 N–H and O–H groups in total. The molecule has 2 aromatic rings. The van der Waals surface area contributed by atoms with Gasteiger partial charge < -0.3 is 10.5 Å². The maximum Gasteiger partial charge on any atom is 0.244 e. The lowest BCUT2D eigenvalue weighted by Crippen LogP contribution is -2.34. The Kier molecular flexibility index (Phi) is 2.92. The molecule has 1 atom stereocenters. The molecule has 21 heavy (non-hydrogen) atoms. The summed E-state index contributed by atoms with van der Waals surface area (Å²) in [6.45, 7) is 3.78. The predicted molar refractivity (Wildman–Crippen MR) is 78.7 cm³/mol. The summed E-state index contributed by atoms with van der Waals surface area (Å²) in [7, 11) is 0. The monoisotopic (exact) mass is 300 g/mol. The fourth-order valence-corrected chi connectivity index (χ4v) is 3.22. The number of nitrogens with one attached hydrogen (secondary N) is 1. The number of benzene rings is 1. The zero-order chi connectivity index (χ0) is 15.2. The predicted octanol–water partition coefficient (Wildman–Crippen LogP) is 2.76. The highest BCUT2D eigenvalue weighted by atomic mass is 35.5. The smallest absolute Gasteiger partial charge is 0.244 e. The highest BCUT2D eigenvalue weighted by molar-refractivity contribution is 6.31. The van der Waals surface area contributed by atoms with E-state index in [0.29, 0.717) is 16.5 Å². The fourth-order valence-electron chi connectivity index (χ4n) is 2.90. The van der Waals surface area contributed by atoms with E-state index in [2.05, 4.69) is 16.3 Å². The summed E-state index contributed by atoms with van der Waals surface area (Å²) in [6.07, 6.45) is 0. The van der Waals surface area contributed by atoms with Crippen LogP contribution in [0, 0.1) is 18.3 Å². The minimum absolute atomic E-state index is 0.0546. The Morgan fingerprint density at radius 1 is 1.43 bits per heavy atom. The van der Waals surface area contributed by atoms with Gasteiger partial charge in [-0.2, -0.15) is 5.26 Å². The zero-order valence-electron chi connectivity index (χ0n) is 11.6. The summed E-state index contributed by atoms with van der Waals surface area (Å²) in [5, 5.41) is 17.1. The number of nitrogens with zero attached hydrogens (tertiary/aromatic N) is 2. The number of nitrogens with two attached hydrogens (primary N) is 1. The average molecular weight is 301 g/mol. The average Bonchev–Trinajstić information content (AvgIpc) is 2.81. The molecule has 0 fully saturated rings. The number of halogens is 1. The van der Waals surface area contributed by atoms with Crippen molar-refractivity contribution in [2.24, 2.45) is 5.73 Å². The van der Waals surface area contributed by atoms with Crippen LogP contribution in [0.1, 0.15) is 23.7 Å². The summed E-state index contributed by atoms with van der Waals surface area (Å²) in [5.41, 5.74) is 7.82. The third kappa shape index (κ3) is 1.73. The minimum atomic E-state index is -0.804. The van der Waals surface area contributed by atoms with Gasteiger partial charge in [0.1, 0.15) is 11.6 Å². The topological polar surface area (TPSA) is 87.7 Å². The van der Waals surface area contributed by atoms with E-state index in [4.69, 9.17) is 22.1 Å². The van der Waals surface area contributed by atoms with Gasteiger partial charge in [-0.05, 0) is 25.5 Å². The second-order valence-electron chi connectivity index (χ2n) is 5.09. The third-order valence-electron chi connectivity index (χ3n) is 3.89. The number of H-pyrrole nitrogens is 1. The van der Waals surface area contributed by atoms with Crippen molar-refractivity contribution >= 4 is 11.6 Å². The Morgan fingerprint density at radius 2 is 2.14 bits per heavy atom. The molecule has 1 aromatic carbocycles. The van der Waals surface area contributed by atoms with Crippen LogP contribution in [0.15, 0.2) is 35.7 Å². The molecule has 0 aliphatic carbocycles. The van der Waals surface area contributed by atoms with Gasteiger partial charge in [0.2, 0.25) is 11.8 Å². The van der Waals surface area contributed by atoms with E-state index in [1.54, 1.807) is 6.07 Å². The molecule has 0 spiro atoms. The second kappa shape index (κ2) is 4.54. The molecule has 5 nitrogen and oxygen atoms in total. The Labute approximate surface area is 127 Å². The van der Waals surface area contributed by atoms with Crippen LogP contribution in [0.25, 0.3) is 0 Å². The number of hydrogen-bond donors (Lipinski definition) is 2. The Bertz CT molecular complexity index is 802. The van der Waals surface area contributed by atoms with E-state index in [1.807, 2.05) is 32.0 Å². The molecule has 6 heteroatoms. The summed E-state index contributed by atoms with van der Waals surface area (Å²) in [5.74, 6) is 0.435. The first-order valence-corrected chi connectivity index (χ1v) is 6.76. The van der Waals surface area contributed by atoms with Gasteiger partial charge in [0.15, 0.2) is 0 Å². The van der Waals surface area contributed by atoms with Crippen molar-refractivity contribution < 1.29 is 4.74 Å². The van der Waals surface area contributed by atoms with Crippen molar-refractivity contribution in [3.8, 4) is 11.9 Å². The molecule has 0 amide bonds. The van der Waals surface area contributed by atoms with Gasteiger partial charge in [-0.1, -0.05) is 29.8 Å². The van der Waals surface area contributed by atoms with Crippen LogP contribution < -0.4 is 10.5 Å². The maximum atomic E-state index is 9.56. The lowest BCUT2D eigenvalue weighted by Gasteiger charge is -2.34. The van der Waals surface area contributed by atoms with E-state index in [0.717, 1.165) is 16.8 Å². The molecule has 0 bridgehead atoms. The SMILES string of the molecule is Cc1[nH]nc2c1C(C)(c1ccccc1Cl)C(C#N)=C(N)O2. The second-order valence-corrected chi connectivity index (χ2v) is 5.49. The molecule has 0 saturated heterocycles. The molecule has 0 saturated carbocycles. The molecule has 1 aromatic heterocycles. The van der Waals surface area contributed by atoms with E-state index < -0.39 is 5.41 Å². The van der Waals surface area contributed by atoms with Crippen molar-refractivity contribution in [3.05, 3.63) is 57.6 Å². The molecular weight excluding hydrogens is 288 g/mol. The molecule has 1 aliphatic rings. The van der Waals surface area contributed by atoms with Crippen molar-refractivity contribution in [1.82, 2.24) is 10.2 Å². The van der Waals surface area contributed by atoms with Crippen LogP contribution in [0.5, 0.6) is 5.88 Å². The molecule has 1 unspecified atom stereocenters. The van der Waals surface area contributed by atoms with Crippen LogP contribution in [-0.4, -0.2) is 10.2 Å². The number of fused-ring (bicyclic) bond motifs is 1. The van der Waals surface area contributed by atoms with Gasteiger partial charge in [0.25, 0.3) is 0 Å². The largest absolute Gasteiger partial charge is 0.420 e. The Balaban J connectivity index is 2.40. The standard InChI is InChI=1S/C15H13ClN4O/c1-8-12-14(20-19-8)21-13(18)10(7-17)15(12,2)9-5-3-4-6-11(9)16/h3-6H,18H2,1-2H3,(H,19,20). The summed E-state index contributed by atoms with van der Waals surface area (Å²) in [6, 6.07) is 9.55. The lowest BCUT2D eigenvalue weighted by molar-refractivity contribution is 0.362. The van der Waals surface area contributed by atoms with Gasteiger partial charge >= 0.3 is 0 Å². The molecular formula is C15H13ClN4O. The highest BCUT2D eigenvalue weighted by Gasteiger charge is 2.45. The zero-order valence-corrected chi connectivity index (χ0v) is 12.3. The van der Waals surface area contributed by atoms with E-state index in [1.165, 1.54) is 0 Å². The van der Waals surface area contributed by atoms with E-state index in [-0.39, 0.29) is 5.88 Å². The van der Waals surface area contributed by atoms with Gasteiger partial charge in [-0.3, -0.25) is 5.10 Å². The van der Waals surface area contributed by atoms with Crippen LogP contribution in [-0.2, 0) is 5.41 Å². The van der Waals surface area contributed by atoms with Gasteiger partial charge in [-0.25, -0.2) is 0 Å². The number of aryl methyl sites for hydroxylation is 1. The third-order valence-corrected chi connectivity index (χ3v) is 4.22. The van der Waals surface area contributed by atoms with E-state index >= 15 is 0 Å². The number of aromatic amines is 1. The number of rotatable bonds is 1. The van der Waals surface area contributed by atoms with Crippen LogP contribution in [0.2, 0.25) is 5.02 Å². The summed E-state index contributed by atoms with van der Waals surface area (Å²) in [4.78, 5) is 0. The molecule has 0 radical (unpaired) electrons. The van der Waals surface area contributed by atoms with Crippen LogP contribution >= 0.6 is 11.6 Å². The lowest BCUT2D eigenvalue weighted by atomic mass is 9.70. The number of nitriles is 1. The van der Waals surface area contributed by atoms with Gasteiger partial charge in [0, 0.05) is 10.7 Å². The molecule has 106 valence electrons. The summed E-state index contributed by atoms with van der Waals surface area (Å²) >= 11 is 6.36. The minimum Gasteiger partial charge on any atom is -0.420 e. The van der Waals surface area contributed by atoms with Crippen molar-refractivity contribution in [3.63, 3.8) is 0 Å². The Hall–Kier alpha value is -2.45. The first-order chi connectivity index (χ1) is 10.00. The van der Waals surface area contributed by atoms with Gasteiger partial charge in [-0.15, -0.1) is 5.10 Å². The fraction of sp³-hybridized carbons (Fsp3) is 0.200. The number of ether oxygens (including phenoxy) is 1. The van der Waals surface area contributed by atoms with Crippen molar-refractivity contribution in [2.75, 3.05) is 0 Å². The quantitative estimate of drug-likeness (QED) is 0.847. The van der Waals surface area contributed by atoms with Crippen LogP contribution in [0.4, 0.5) is 0 Å². The van der Waals surface area contributed by atoms with Crippen LogP contribution in [0.3, 0.4) is 0 Å². The number of hydrogen-bond acceptors (Lipinski definition) is 4. The first-order valence-electron chi connectivity index (χ1n) is 6.38. The molecule has 1 aliphatic heterocycles. The number of allylic oxidation sites excluding steroid dienone is 1. The van der Waals surface area contributed by atoms with Crippen molar-refractivity contribution in [2.45, 2.75) is 19.3 Å². The normalized spacial score (nSPS) is 20.7.